The Morgan fingerprint density at radius 1 is 1.89 bits per heavy atom. The molecule has 9 heavy (non-hydrogen) atoms. The van der Waals surface area contributed by atoms with Crippen LogP contribution in [0.3, 0.4) is 0 Å². The fourth-order valence-electron chi connectivity index (χ4n) is 0.461. The number of rotatable bonds is 4. The van der Waals surface area contributed by atoms with Gasteiger partial charge in [-0.2, -0.15) is 0 Å². The van der Waals surface area contributed by atoms with Gasteiger partial charge in [0.2, 0.25) is 0 Å². The van der Waals surface area contributed by atoms with Crippen LogP contribution in [-0.4, -0.2) is 12.6 Å². The number of nitrogens with one attached hydrogen (secondary N) is 1. The lowest BCUT2D eigenvalue weighted by Crippen LogP contribution is -2.24. The Morgan fingerprint density at radius 2 is 2.56 bits per heavy atom. The summed E-state index contributed by atoms with van der Waals surface area (Å²) in [6, 6.07) is 0.185. The van der Waals surface area contributed by atoms with Crippen LogP contribution in [0.25, 0.3) is 0 Å². The van der Waals surface area contributed by atoms with Gasteiger partial charge in [0, 0.05) is 0 Å². The number of hydrogen-bond acceptors (Lipinski definition) is 1. The van der Waals surface area contributed by atoms with Gasteiger partial charge >= 0.3 is 0 Å². The Bertz CT molecular complexity index is 110. The van der Waals surface area contributed by atoms with Crippen molar-refractivity contribution in [1.29, 1.82) is 0 Å². The molecule has 0 saturated carbocycles. The summed E-state index contributed by atoms with van der Waals surface area (Å²) in [5.41, 5.74) is 0. The van der Waals surface area contributed by atoms with Crippen molar-refractivity contribution >= 4 is 0 Å². The van der Waals surface area contributed by atoms with E-state index in [4.69, 9.17) is 6.42 Å². The van der Waals surface area contributed by atoms with E-state index < -0.39 is 0 Å². The molecule has 0 aliphatic heterocycles. The molecule has 0 aliphatic carbocycles. The topological polar surface area (TPSA) is 12.0 Å². The minimum atomic E-state index is 0.185. The maximum atomic E-state index is 5.12. The van der Waals surface area contributed by atoms with E-state index in [0.29, 0.717) is 0 Å². The third kappa shape index (κ3) is 5.13. The van der Waals surface area contributed by atoms with Crippen molar-refractivity contribution in [3.8, 4) is 12.3 Å². The van der Waals surface area contributed by atoms with E-state index >= 15 is 0 Å². The first-order valence-electron chi connectivity index (χ1n) is 3.11. The minimum absolute atomic E-state index is 0.185. The molecule has 0 heterocycles. The lowest BCUT2D eigenvalue weighted by molar-refractivity contribution is 0.653. The van der Waals surface area contributed by atoms with E-state index in [1.165, 1.54) is 0 Å². The van der Waals surface area contributed by atoms with Gasteiger partial charge in [-0.05, 0) is 19.9 Å². The minimum Gasteiger partial charge on any atom is -0.304 e. The van der Waals surface area contributed by atoms with Crippen molar-refractivity contribution in [3.63, 3.8) is 0 Å². The SMILES string of the molecule is C#CC(C)NCCC=C. The summed E-state index contributed by atoms with van der Waals surface area (Å²) in [5, 5.41) is 3.13. The Balaban J connectivity index is 3.08. The Hall–Kier alpha value is -0.740. The standard InChI is InChI=1S/C8H13N/c1-4-6-7-9-8(3)5-2/h2,4,8-9H,1,6-7H2,3H3. The fourth-order valence-corrected chi connectivity index (χ4v) is 0.461. The van der Waals surface area contributed by atoms with Gasteiger partial charge in [-0.3, -0.25) is 0 Å². The Labute approximate surface area is 57.2 Å². The highest BCUT2D eigenvalue weighted by molar-refractivity contribution is 4.95. The van der Waals surface area contributed by atoms with Crippen LogP contribution in [0, 0.1) is 12.3 Å². The molecule has 50 valence electrons. The largest absolute Gasteiger partial charge is 0.304 e. The second-order valence-corrected chi connectivity index (χ2v) is 1.92. The molecular formula is C8H13N. The number of hydrogen-bond donors (Lipinski definition) is 1. The molecule has 0 spiro atoms. The van der Waals surface area contributed by atoms with E-state index in [9.17, 15) is 0 Å². The van der Waals surface area contributed by atoms with Crippen LogP contribution in [-0.2, 0) is 0 Å². The monoisotopic (exact) mass is 123 g/mol. The van der Waals surface area contributed by atoms with E-state index in [1.807, 2.05) is 13.0 Å². The van der Waals surface area contributed by atoms with Crippen molar-refractivity contribution < 1.29 is 0 Å². The first-order valence-corrected chi connectivity index (χ1v) is 3.11. The maximum Gasteiger partial charge on any atom is 0.0658 e. The summed E-state index contributed by atoms with van der Waals surface area (Å²) >= 11 is 0. The molecular weight excluding hydrogens is 110 g/mol. The third-order valence-corrected chi connectivity index (χ3v) is 1.05. The van der Waals surface area contributed by atoms with Crippen molar-refractivity contribution in [2.24, 2.45) is 0 Å². The van der Waals surface area contributed by atoms with Gasteiger partial charge in [0.15, 0.2) is 0 Å². The quantitative estimate of drug-likeness (QED) is 0.336. The second kappa shape index (κ2) is 5.40. The molecule has 0 aliphatic rings. The summed E-state index contributed by atoms with van der Waals surface area (Å²) in [7, 11) is 0. The van der Waals surface area contributed by atoms with E-state index in [0.717, 1.165) is 13.0 Å². The molecule has 0 aromatic heterocycles. The molecule has 0 aromatic rings. The zero-order chi connectivity index (χ0) is 7.11. The molecule has 1 unspecified atom stereocenters. The predicted molar refractivity (Wildman–Crippen MR) is 41.1 cm³/mol. The molecule has 1 heteroatoms. The smallest absolute Gasteiger partial charge is 0.0658 e. The summed E-state index contributed by atoms with van der Waals surface area (Å²) in [6.07, 6.45) is 7.97. The first-order chi connectivity index (χ1) is 4.31. The van der Waals surface area contributed by atoms with Gasteiger partial charge in [0.05, 0.1) is 6.04 Å². The van der Waals surface area contributed by atoms with Gasteiger partial charge in [-0.1, -0.05) is 12.0 Å². The van der Waals surface area contributed by atoms with Crippen LogP contribution in [0.4, 0.5) is 0 Å². The average molecular weight is 123 g/mol. The highest BCUT2D eigenvalue weighted by atomic mass is 14.9. The molecule has 1 N–H and O–H groups in total. The van der Waals surface area contributed by atoms with Crippen LogP contribution >= 0.6 is 0 Å². The van der Waals surface area contributed by atoms with Gasteiger partial charge < -0.3 is 5.32 Å². The molecule has 0 saturated heterocycles. The molecule has 0 rings (SSSR count). The van der Waals surface area contributed by atoms with Crippen LogP contribution in [0.2, 0.25) is 0 Å². The highest BCUT2D eigenvalue weighted by Gasteiger charge is 1.90. The summed E-state index contributed by atoms with van der Waals surface area (Å²) in [5.74, 6) is 2.58. The van der Waals surface area contributed by atoms with E-state index in [-0.39, 0.29) is 6.04 Å². The zero-order valence-electron chi connectivity index (χ0n) is 5.85. The van der Waals surface area contributed by atoms with Crippen LogP contribution < -0.4 is 5.32 Å². The normalized spacial score (nSPS) is 12.0. The third-order valence-electron chi connectivity index (χ3n) is 1.05. The lowest BCUT2D eigenvalue weighted by atomic mass is 10.3. The summed E-state index contributed by atoms with van der Waals surface area (Å²) < 4.78 is 0. The van der Waals surface area contributed by atoms with Crippen LogP contribution in [0.15, 0.2) is 12.7 Å². The molecule has 0 amide bonds. The molecule has 1 atom stereocenters. The summed E-state index contributed by atoms with van der Waals surface area (Å²) in [4.78, 5) is 0. The van der Waals surface area contributed by atoms with Crippen LogP contribution in [0.5, 0.6) is 0 Å². The van der Waals surface area contributed by atoms with Crippen molar-refractivity contribution in [3.05, 3.63) is 12.7 Å². The van der Waals surface area contributed by atoms with Crippen molar-refractivity contribution in [2.75, 3.05) is 6.54 Å². The van der Waals surface area contributed by atoms with Crippen molar-refractivity contribution in [1.82, 2.24) is 5.32 Å². The van der Waals surface area contributed by atoms with Crippen LogP contribution in [0.1, 0.15) is 13.3 Å². The van der Waals surface area contributed by atoms with Crippen molar-refractivity contribution in [2.45, 2.75) is 19.4 Å². The predicted octanol–water partition coefficient (Wildman–Crippen LogP) is 1.17. The fraction of sp³-hybridized carbons (Fsp3) is 0.500. The van der Waals surface area contributed by atoms with Gasteiger partial charge in [-0.25, -0.2) is 0 Å². The highest BCUT2D eigenvalue weighted by Crippen LogP contribution is 1.79. The Morgan fingerprint density at radius 3 is 3.00 bits per heavy atom. The molecule has 0 aromatic carbocycles. The lowest BCUT2D eigenvalue weighted by Gasteiger charge is -2.03. The zero-order valence-corrected chi connectivity index (χ0v) is 5.85. The summed E-state index contributed by atoms with van der Waals surface area (Å²) in [6.45, 7) is 6.48. The molecule has 0 radical (unpaired) electrons. The molecule has 0 bridgehead atoms. The first kappa shape index (κ1) is 8.26. The van der Waals surface area contributed by atoms with Gasteiger partial charge in [-0.15, -0.1) is 13.0 Å². The van der Waals surface area contributed by atoms with E-state index in [2.05, 4.69) is 17.8 Å². The Kier molecular flexibility index (Phi) is 4.95. The second-order valence-electron chi connectivity index (χ2n) is 1.92. The van der Waals surface area contributed by atoms with E-state index in [1.54, 1.807) is 0 Å². The van der Waals surface area contributed by atoms with Gasteiger partial charge in [0.1, 0.15) is 0 Å². The van der Waals surface area contributed by atoms with Gasteiger partial charge in [0.25, 0.3) is 0 Å². The maximum absolute atomic E-state index is 5.12. The molecule has 0 fully saturated rings. The molecule has 1 nitrogen and oxygen atoms in total. The number of terminal acetylenes is 1. The average Bonchev–Trinajstić information content (AvgIpc) is 1.89.